The predicted octanol–water partition coefficient (Wildman–Crippen LogP) is 2.58. The van der Waals surface area contributed by atoms with Crippen LogP contribution in [0.2, 0.25) is 0 Å². The highest BCUT2D eigenvalue weighted by atomic mass is 16.3. The van der Waals surface area contributed by atoms with Crippen LogP contribution < -0.4 is 0 Å². The number of aryl methyl sites for hydroxylation is 1. The Hall–Kier alpha value is -1.39. The van der Waals surface area contributed by atoms with Crippen molar-refractivity contribution in [3.63, 3.8) is 0 Å². The highest BCUT2D eigenvalue weighted by Crippen LogP contribution is 2.45. The summed E-state index contributed by atoms with van der Waals surface area (Å²) < 4.78 is 5.60. The van der Waals surface area contributed by atoms with Crippen LogP contribution in [0.25, 0.3) is 11.1 Å². The molecule has 0 radical (unpaired) electrons. The van der Waals surface area contributed by atoms with Crippen molar-refractivity contribution in [3.8, 4) is 0 Å². The number of hydrogen-bond donors (Lipinski definition) is 1. The molecule has 0 spiro atoms. The smallest absolute Gasteiger partial charge is 0.192 e. The van der Waals surface area contributed by atoms with Gasteiger partial charge in [-0.05, 0) is 50.4 Å². The van der Waals surface area contributed by atoms with E-state index in [1.807, 2.05) is 25.1 Å². The van der Waals surface area contributed by atoms with Gasteiger partial charge in [0.25, 0.3) is 0 Å². The maximum Gasteiger partial charge on any atom is 0.192 e. The van der Waals surface area contributed by atoms with Crippen LogP contribution in [-0.4, -0.2) is 34.1 Å². The molecule has 20 heavy (non-hydrogen) atoms. The van der Waals surface area contributed by atoms with Gasteiger partial charge in [-0.2, -0.15) is 0 Å². The van der Waals surface area contributed by atoms with Gasteiger partial charge in [-0.1, -0.05) is 6.07 Å². The lowest BCUT2D eigenvalue weighted by Gasteiger charge is -2.42. The Morgan fingerprint density at radius 3 is 2.70 bits per heavy atom. The second-order valence-electron chi connectivity index (χ2n) is 6.41. The van der Waals surface area contributed by atoms with E-state index in [-0.39, 0.29) is 0 Å². The Bertz CT molecular complexity index is 650. The lowest BCUT2D eigenvalue weighted by molar-refractivity contribution is -0.0492. The zero-order valence-electron chi connectivity index (χ0n) is 12.0. The first-order valence-corrected chi connectivity index (χ1v) is 7.37. The summed E-state index contributed by atoms with van der Waals surface area (Å²) in [4.78, 5) is 6.76. The van der Waals surface area contributed by atoms with Crippen molar-refractivity contribution in [2.24, 2.45) is 0 Å². The number of benzene rings is 1. The number of aromatic nitrogens is 1. The summed E-state index contributed by atoms with van der Waals surface area (Å²) >= 11 is 0. The summed E-state index contributed by atoms with van der Waals surface area (Å²) in [6.07, 6.45) is 4.04. The molecule has 2 aromatic rings. The highest BCUT2D eigenvalue weighted by molar-refractivity contribution is 5.73. The number of nitrogens with zero attached hydrogens (tertiary/aromatic N) is 2. The maximum absolute atomic E-state index is 11.1. The van der Waals surface area contributed by atoms with Gasteiger partial charge in [-0.25, -0.2) is 4.98 Å². The molecule has 0 aliphatic carbocycles. The SMILES string of the molecule is Cc1nc2ccc(C3(O)CC4CCC(C3)N4C)cc2o1. The van der Waals surface area contributed by atoms with Crippen molar-refractivity contribution in [1.82, 2.24) is 9.88 Å². The Kier molecular flexibility index (Phi) is 2.51. The number of oxazole rings is 1. The lowest BCUT2D eigenvalue weighted by Crippen LogP contribution is -2.47. The molecule has 1 aromatic heterocycles. The summed E-state index contributed by atoms with van der Waals surface area (Å²) in [6, 6.07) is 6.95. The minimum Gasteiger partial charge on any atom is -0.441 e. The standard InChI is InChI=1S/C16H20N2O2/c1-10-17-14-6-3-11(7-15(14)20-10)16(19)8-12-4-5-13(9-16)18(12)2/h3,6-7,12-13,19H,4-5,8-9H2,1-2H3. The number of rotatable bonds is 1. The van der Waals surface area contributed by atoms with E-state index in [0.717, 1.165) is 29.5 Å². The van der Waals surface area contributed by atoms with Crippen molar-refractivity contribution >= 4 is 11.1 Å². The van der Waals surface area contributed by atoms with E-state index in [2.05, 4.69) is 16.9 Å². The van der Waals surface area contributed by atoms with Crippen LogP contribution in [0.4, 0.5) is 0 Å². The Labute approximate surface area is 118 Å². The Morgan fingerprint density at radius 2 is 2.00 bits per heavy atom. The van der Waals surface area contributed by atoms with Gasteiger partial charge in [0, 0.05) is 19.0 Å². The first-order chi connectivity index (χ1) is 9.55. The highest BCUT2D eigenvalue weighted by Gasteiger charge is 2.46. The van der Waals surface area contributed by atoms with Crippen LogP contribution in [-0.2, 0) is 5.60 Å². The largest absolute Gasteiger partial charge is 0.441 e. The molecular formula is C16H20N2O2. The number of fused-ring (bicyclic) bond motifs is 3. The van der Waals surface area contributed by atoms with E-state index in [0.29, 0.717) is 18.0 Å². The van der Waals surface area contributed by atoms with Crippen molar-refractivity contribution in [1.29, 1.82) is 0 Å². The van der Waals surface area contributed by atoms with E-state index < -0.39 is 5.60 Å². The molecule has 2 aliphatic heterocycles. The van der Waals surface area contributed by atoms with Gasteiger partial charge in [0.1, 0.15) is 5.52 Å². The molecule has 2 aliphatic rings. The molecule has 4 heteroatoms. The minimum absolute atomic E-state index is 0.505. The minimum atomic E-state index is -0.715. The zero-order valence-corrected chi connectivity index (χ0v) is 12.0. The Balaban J connectivity index is 1.74. The molecule has 0 amide bonds. The van der Waals surface area contributed by atoms with E-state index >= 15 is 0 Å². The first kappa shape index (κ1) is 12.4. The van der Waals surface area contributed by atoms with E-state index in [1.165, 1.54) is 12.8 Å². The topological polar surface area (TPSA) is 49.5 Å². The van der Waals surface area contributed by atoms with Crippen LogP contribution in [0.1, 0.15) is 37.1 Å². The molecule has 3 heterocycles. The molecule has 106 valence electrons. The van der Waals surface area contributed by atoms with Gasteiger partial charge < -0.3 is 14.4 Å². The Morgan fingerprint density at radius 1 is 1.30 bits per heavy atom. The summed E-state index contributed by atoms with van der Waals surface area (Å²) in [5.74, 6) is 0.674. The molecular weight excluding hydrogens is 252 g/mol. The van der Waals surface area contributed by atoms with E-state index in [9.17, 15) is 5.11 Å². The van der Waals surface area contributed by atoms with Crippen LogP contribution in [0.5, 0.6) is 0 Å². The summed E-state index contributed by atoms with van der Waals surface area (Å²) in [7, 11) is 2.19. The summed E-state index contributed by atoms with van der Waals surface area (Å²) in [5.41, 5.74) is 1.91. The van der Waals surface area contributed by atoms with Crippen LogP contribution >= 0.6 is 0 Å². The molecule has 4 nitrogen and oxygen atoms in total. The van der Waals surface area contributed by atoms with Gasteiger partial charge in [0.2, 0.25) is 0 Å². The maximum atomic E-state index is 11.1. The van der Waals surface area contributed by atoms with Crippen molar-refractivity contribution in [2.75, 3.05) is 7.05 Å². The average Bonchev–Trinajstić information content (AvgIpc) is 2.86. The second kappa shape index (κ2) is 4.06. The molecule has 2 atom stereocenters. The van der Waals surface area contributed by atoms with Gasteiger partial charge in [-0.3, -0.25) is 0 Å². The van der Waals surface area contributed by atoms with Crippen LogP contribution in [0.15, 0.2) is 22.6 Å². The van der Waals surface area contributed by atoms with Crippen LogP contribution in [0.3, 0.4) is 0 Å². The summed E-state index contributed by atoms with van der Waals surface area (Å²) in [6.45, 7) is 1.85. The molecule has 0 saturated carbocycles. The third-order valence-electron chi connectivity index (χ3n) is 5.16. The van der Waals surface area contributed by atoms with Crippen molar-refractivity contribution in [2.45, 2.75) is 50.3 Å². The average molecular weight is 272 g/mol. The van der Waals surface area contributed by atoms with Gasteiger partial charge in [-0.15, -0.1) is 0 Å². The lowest BCUT2D eigenvalue weighted by atomic mass is 9.80. The number of aliphatic hydroxyl groups is 1. The number of piperidine rings is 1. The molecule has 2 bridgehead atoms. The first-order valence-electron chi connectivity index (χ1n) is 7.37. The fourth-order valence-electron chi connectivity index (χ4n) is 4.01. The predicted molar refractivity (Wildman–Crippen MR) is 76.4 cm³/mol. The molecule has 4 rings (SSSR count). The molecule has 2 unspecified atom stereocenters. The monoisotopic (exact) mass is 272 g/mol. The normalized spacial score (nSPS) is 34.0. The van der Waals surface area contributed by atoms with Crippen molar-refractivity contribution < 1.29 is 9.52 Å². The zero-order chi connectivity index (χ0) is 13.9. The van der Waals surface area contributed by atoms with Crippen molar-refractivity contribution in [3.05, 3.63) is 29.7 Å². The third kappa shape index (κ3) is 1.71. The second-order valence-corrected chi connectivity index (χ2v) is 6.41. The van der Waals surface area contributed by atoms with Gasteiger partial charge >= 0.3 is 0 Å². The quantitative estimate of drug-likeness (QED) is 0.867. The fourth-order valence-corrected chi connectivity index (χ4v) is 4.01. The van der Waals surface area contributed by atoms with Gasteiger partial charge in [0.05, 0.1) is 5.60 Å². The summed E-state index contributed by atoms with van der Waals surface area (Å²) in [5, 5.41) is 11.1. The molecule has 2 fully saturated rings. The van der Waals surface area contributed by atoms with Crippen LogP contribution in [0, 0.1) is 6.92 Å². The van der Waals surface area contributed by atoms with Gasteiger partial charge in [0.15, 0.2) is 11.5 Å². The fraction of sp³-hybridized carbons (Fsp3) is 0.562. The molecule has 1 N–H and O–H groups in total. The third-order valence-corrected chi connectivity index (χ3v) is 5.16. The molecule has 2 saturated heterocycles. The molecule has 1 aromatic carbocycles. The van der Waals surface area contributed by atoms with E-state index in [4.69, 9.17) is 4.42 Å². The van der Waals surface area contributed by atoms with E-state index in [1.54, 1.807) is 0 Å². The number of hydrogen-bond acceptors (Lipinski definition) is 4.